The van der Waals surface area contributed by atoms with E-state index in [1.807, 2.05) is 26.8 Å². The maximum absolute atomic E-state index is 10.7. The lowest BCUT2D eigenvalue weighted by atomic mass is 9.96. The predicted molar refractivity (Wildman–Crippen MR) is 125 cm³/mol. The van der Waals surface area contributed by atoms with Gasteiger partial charge in [-0.05, 0) is 45.1 Å². The van der Waals surface area contributed by atoms with Gasteiger partial charge in [0.1, 0.15) is 16.3 Å². The minimum absolute atomic E-state index is 0.0316. The predicted octanol–water partition coefficient (Wildman–Crippen LogP) is 3.52. The van der Waals surface area contributed by atoms with Gasteiger partial charge in [0.05, 0.1) is 27.8 Å². The Bertz CT molecular complexity index is 1050. The number of aryl methyl sites for hydroxylation is 2. The number of thiazole rings is 1. The molecule has 1 aliphatic carbocycles. The fourth-order valence-electron chi connectivity index (χ4n) is 3.72. The van der Waals surface area contributed by atoms with Crippen molar-refractivity contribution in [3.8, 4) is 10.6 Å². The van der Waals surface area contributed by atoms with E-state index in [4.69, 9.17) is 9.97 Å². The van der Waals surface area contributed by atoms with Crippen molar-refractivity contribution in [1.29, 1.82) is 0 Å². The van der Waals surface area contributed by atoms with E-state index in [-0.39, 0.29) is 12.5 Å². The minimum Gasteiger partial charge on any atom is -0.396 e. The van der Waals surface area contributed by atoms with Crippen LogP contribution in [0.25, 0.3) is 20.8 Å². The molecule has 3 heterocycles. The molecule has 1 unspecified atom stereocenters. The van der Waals surface area contributed by atoms with Gasteiger partial charge in [-0.15, -0.1) is 11.3 Å². The maximum Gasteiger partial charge on any atom is 0.225 e. The standard InChI is InChI=1S/C22H30N6O2S/c1-4-14(8-10-29)16(30)11-24-20-18(12(2)25-22(28-20)26-15-5-6-15)21-27-19-13(3)23-9-7-17(19)31-21/h7,9,14-16,29-30H,4-6,8,10-11H2,1-3H3,(H2,24,25,26,28)/t14?,16-/m0/s1. The lowest BCUT2D eigenvalue weighted by molar-refractivity contribution is 0.0972. The summed E-state index contributed by atoms with van der Waals surface area (Å²) in [6, 6.07) is 2.41. The van der Waals surface area contributed by atoms with Crippen LogP contribution in [-0.4, -0.2) is 55.4 Å². The van der Waals surface area contributed by atoms with Gasteiger partial charge < -0.3 is 20.8 Å². The highest BCUT2D eigenvalue weighted by Gasteiger charge is 2.25. The van der Waals surface area contributed by atoms with Crippen molar-refractivity contribution in [2.75, 3.05) is 23.8 Å². The van der Waals surface area contributed by atoms with Gasteiger partial charge in [-0.25, -0.2) is 9.97 Å². The van der Waals surface area contributed by atoms with Crippen LogP contribution in [-0.2, 0) is 0 Å². The minimum atomic E-state index is -0.582. The van der Waals surface area contributed by atoms with E-state index in [9.17, 15) is 10.2 Å². The van der Waals surface area contributed by atoms with Gasteiger partial charge in [0.25, 0.3) is 0 Å². The van der Waals surface area contributed by atoms with Gasteiger partial charge in [-0.1, -0.05) is 13.3 Å². The normalized spacial score (nSPS) is 15.8. The summed E-state index contributed by atoms with van der Waals surface area (Å²) in [4.78, 5) is 18.6. The Balaban J connectivity index is 1.68. The van der Waals surface area contributed by atoms with Crippen molar-refractivity contribution in [3.05, 3.63) is 23.7 Å². The van der Waals surface area contributed by atoms with E-state index in [1.54, 1.807) is 17.5 Å². The van der Waals surface area contributed by atoms with Crippen LogP contribution in [0.2, 0.25) is 0 Å². The van der Waals surface area contributed by atoms with Crippen molar-refractivity contribution in [1.82, 2.24) is 19.9 Å². The van der Waals surface area contributed by atoms with Gasteiger partial charge >= 0.3 is 0 Å². The molecule has 0 amide bonds. The van der Waals surface area contributed by atoms with Crippen molar-refractivity contribution < 1.29 is 10.2 Å². The van der Waals surface area contributed by atoms with Gasteiger partial charge in [-0.3, -0.25) is 4.98 Å². The van der Waals surface area contributed by atoms with Crippen LogP contribution in [0.1, 0.15) is 44.0 Å². The van der Waals surface area contributed by atoms with Crippen molar-refractivity contribution >= 4 is 33.3 Å². The molecule has 9 heteroatoms. The van der Waals surface area contributed by atoms with E-state index in [1.165, 1.54) is 0 Å². The number of aromatic nitrogens is 4. The third kappa shape index (κ3) is 4.94. The largest absolute Gasteiger partial charge is 0.396 e. The molecule has 0 saturated heterocycles. The number of anilines is 2. The zero-order chi connectivity index (χ0) is 22.0. The monoisotopic (exact) mass is 442 g/mol. The number of pyridine rings is 1. The number of aliphatic hydroxyl groups is 2. The Morgan fingerprint density at radius 1 is 1.19 bits per heavy atom. The summed E-state index contributed by atoms with van der Waals surface area (Å²) < 4.78 is 1.07. The Hall–Kier alpha value is -2.36. The fraction of sp³-hybridized carbons (Fsp3) is 0.545. The zero-order valence-corrected chi connectivity index (χ0v) is 19.0. The number of nitrogens with zero attached hydrogens (tertiary/aromatic N) is 4. The van der Waals surface area contributed by atoms with E-state index < -0.39 is 6.10 Å². The van der Waals surface area contributed by atoms with Crippen LogP contribution in [0.3, 0.4) is 0 Å². The molecule has 166 valence electrons. The molecule has 0 spiro atoms. The molecule has 1 aliphatic rings. The summed E-state index contributed by atoms with van der Waals surface area (Å²) in [7, 11) is 0. The number of nitrogens with one attached hydrogen (secondary N) is 2. The quantitative estimate of drug-likeness (QED) is 0.377. The molecule has 3 aromatic rings. The van der Waals surface area contributed by atoms with E-state index in [0.717, 1.165) is 51.4 Å². The highest BCUT2D eigenvalue weighted by Crippen LogP contribution is 2.37. The summed E-state index contributed by atoms with van der Waals surface area (Å²) in [5.41, 5.74) is 3.47. The lowest BCUT2D eigenvalue weighted by Crippen LogP contribution is -2.29. The molecule has 1 saturated carbocycles. The number of rotatable bonds is 10. The topological polar surface area (TPSA) is 116 Å². The average Bonchev–Trinajstić information content (AvgIpc) is 3.45. The molecule has 0 aliphatic heterocycles. The first-order chi connectivity index (χ1) is 15.0. The SMILES string of the molecule is CCC(CCO)[C@@H](O)CNc1nc(NC2CC2)nc(C)c1-c1nc2c(C)nccc2s1. The summed E-state index contributed by atoms with van der Waals surface area (Å²) in [6.07, 6.45) is 4.87. The second-order valence-electron chi connectivity index (χ2n) is 8.17. The highest BCUT2D eigenvalue weighted by molar-refractivity contribution is 7.21. The number of aliphatic hydroxyl groups excluding tert-OH is 2. The smallest absolute Gasteiger partial charge is 0.225 e. The molecule has 2 atom stereocenters. The Morgan fingerprint density at radius 3 is 2.68 bits per heavy atom. The fourth-order valence-corrected chi connectivity index (χ4v) is 4.83. The van der Waals surface area contributed by atoms with Crippen LogP contribution in [0.4, 0.5) is 11.8 Å². The first-order valence-corrected chi connectivity index (χ1v) is 11.7. The summed E-state index contributed by atoms with van der Waals surface area (Å²) >= 11 is 1.59. The second-order valence-corrected chi connectivity index (χ2v) is 9.20. The molecule has 3 aromatic heterocycles. The summed E-state index contributed by atoms with van der Waals surface area (Å²) in [6.45, 7) is 6.37. The first-order valence-electron chi connectivity index (χ1n) is 10.9. The molecule has 4 N–H and O–H groups in total. The third-order valence-corrected chi connectivity index (χ3v) is 6.79. The molecule has 0 bridgehead atoms. The molecule has 0 aromatic carbocycles. The Labute approximate surface area is 186 Å². The van der Waals surface area contributed by atoms with Crippen LogP contribution in [0.15, 0.2) is 12.3 Å². The highest BCUT2D eigenvalue weighted by atomic mass is 32.1. The second kappa shape index (κ2) is 9.42. The summed E-state index contributed by atoms with van der Waals surface area (Å²) in [5, 5.41) is 27.5. The van der Waals surface area contributed by atoms with E-state index >= 15 is 0 Å². The van der Waals surface area contributed by atoms with Crippen LogP contribution >= 0.6 is 11.3 Å². The van der Waals surface area contributed by atoms with E-state index in [2.05, 4.69) is 20.6 Å². The zero-order valence-electron chi connectivity index (χ0n) is 18.2. The number of hydrogen-bond acceptors (Lipinski definition) is 9. The molecule has 4 rings (SSSR count). The Kier molecular flexibility index (Phi) is 6.64. The van der Waals surface area contributed by atoms with Crippen LogP contribution < -0.4 is 10.6 Å². The third-order valence-electron chi connectivity index (χ3n) is 5.75. The molecule has 31 heavy (non-hydrogen) atoms. The molecular weight excluding hydrogens is 412 g/mol. The van der Waals surface area contributed by atoms with Crippen molar-refractivity contribution in [2.24, 2.45) is 5.92 Å². The molecule has 0 radical (unpaired) electrons. The van der Waals surface area contributed by atoms with Gasteiger partial charge in [0, 0.05) is 25.4 Å². The van der Waals surface area contributed by atoms with Gasteiger partial charge in [0.2, 0.25) is 5.95 Å². The molecular formula is C22H30N6O2S. The maximum atomic E-state index is 10.7. The van der Waals surface area contributed by atoms with Gasteiger partial charge in [0.15, 0.2) is 0 Å². The molecule has 8 nitrogen and oxygen atoms in total. The van der Waals surface area contributed by atoms with Crippen LogP contribution in [0, 0.1) is 19.8 Å². The first kappa shape index (κ1) is 21.9. The van der Waals surface area contributed by atoms with E-state index in [0.29, 0.717) is 30.8 Å². The summed E-state index contributed by atoms with van der Waals surface area (Å²) in [5.74, 6) is 1.30. The van der Waals surface area contributed by atoms with Crippen molar-refractivity contribution in [2.45, 2.75) is 58.6 Å². The Morgan fingerprint density at radius 2 is 2.00 bits per heavy atom. The van der Waals surface area contributed by atoms with Gasteiger partial charge in [-0.2, -0.15) is 4.98 Å². The molecule has 1 fully saturated rings. The number of hydrogen-bond donors (Lipinski definition) is 4. The van der Waals surface area contributed by atoms with Crippen molar-refractivity contribution in [3.63, 3.8) is 0 Å². The van der Waals surface area contributed by atoms with Crippen LogP contribution in [0.5, 0.6) is 0 Å². The lowest BCUT2D eigenvalue weighted by Gasteiger charge is -2.22. The average molecular weight is 443 g/mol. The number of fused-ring (bicyclic) bond motifs is 1.